The fraction of sp³-hybridized carbons (Fsp3) is 0.416. The van der Waals surface area contributed by atoms with Crippen LogP contribution in [0.5, 0.6) is 0 Å². The molecule has 5 aromatic carbocycles. The minimum absolute atomic E-state index is 0.121. The molecule has 1 amide bonds. The lowest BCUT2D eigenvalue weighted by molar-refractivity contribution is 0.0664. The number of para-hydroxylation sites is 1. The second-order valence-corrected chi connectivity index (χ2v) is 30.4. The van der Waals surface area contributed by atoms with Crippen LogP contribution in [0.1, 0.15) is 198 Å². The predicted molar refractivity (Wildman–Crippen MR) is 424 cm³/mol. The Bertz CT molecular complexity index is 4360. The van der Waals surface area contributed by atoms with Gasteiger partial charge in [-0.05, 0) is 200 Å². The number of aliphatic imine (C=N–C) groups is 4. The number of allylic oxidation sites excluding steroid dienone is 2. The molecule has 0 saturated carbocycles. The zero-order valence-electron chi connectivity index (χ0n) is 63.8. The molecule has 7 aliphatic rings. The number of pyridine rings is 2. The molecule has 8 heterocycles. The zero-order chi connectivity index (χ0) is 72.2. The number of rotatable bonds is 9. The second kappa shape index (κ2) is 34.0. The molecule has 0 spiro atoms. The highest BCUT2D eigenvalue weighted by Crippen LogP contribution is 2.35. The van der Waals surface area contributed by atoms with E-state index in [-0.39, 0.29) is 11.7 Å². The van der Waals surface area contributed by atoms with Crippen LogP contribution in [0.4, 0.5) is 22.7 Å². The van der Waals surface area contributed by atoms with Crippen LogP contribution in [0.25, 0.3) is 23.1 Å². The van der Waals surface area contributed by atoms with E-state index in [1.807, 2.05) is 65.8 Å². The molecule has 1 saturated heterocycles. The molecular formula is C89H111N9O2. The van der Waals surface area contributed by atoms with Gasteiger partial charge >= 0.3 is 0 Å². The van der Waals surface area contributed by atoms with Crippen molar-refractivity contribution in [1.82, 2.24) is 24.3 Å². The van der Waals surface area contributed by atoms with Gasteiger partial charge in [-0.2, -0.15) is 0 Å². The van der Waals surface area contributed by atoms with E-state index in [0.29, 0.717) is 41.4 Å². The summed E-state index contributed by atoms with van der Waals surface area (Å²) < 4.78 is 2.28. The number of fused-ring (bicyclic) bond motifs is 7. The first-order chi connectivity index (χ1) is 47.6. The summed E-state index contributed by atoms with van der Waals surface area (Å²) in [6.07, 6.45) is 14.4. The number of carbonyl (C=O) groups excluding carboxylic acids is 2. The molecule has 0 N–H and O–H groups in total. The summed E-state index contributed by atoms with van der Waals surface area (Å²) in [5, 5.41) is 1.34. The van der Waals surface area contributed by atoms with Gasteiger partial charge in [0.2, 0.25) is 0 Å². The van der Waals surface area contributed by atoms with Gasteiger partial charge in [0.25, 0.3) is 5.91 Å². The highest BCUT2D eigenvalue weighted by Gasteiger charge is 2.25. The van der Waals surface area contributed by atoms with Gasteiger partial charge in [-0.3, -0.25) is 39.5 Å². The van der Waals surface area contributed by atoms with Crippen molar-refractivity contribution in [3.63, 3.8) is 0 Å². The van der Waals surface area contributed by atoms with E-state index < -0.39 is 0 Å². The molecule has 8 aromatic rings. The Morgan fingerprint density at radius 2 is 0.910 bits per heavy atom. The minimum atomic E-state index is 0.121. The predicted octanol–water partition coefficient (Wildman–Crippen LogP) is 21.1. The van der Waals surface area contributed by atoms with Crippen LogP contribution >= 0.6 is 0 Å². The maximum Gasteiger partial charge on any atom is 0.253 e. The number of benzene rings is 5. The summed E-state index contributed by atoms with van der Waals surface area (Å²) in [7, 11) is 4.24. The number of aryl methyl sites for hydroxylation is 4. The fourth-order valence-corrected chi connectivity index (χ4v) is 13.2. The van der Waals surface area contributed by atoms with Crippen molar-refractivity contribution in [3.8, 4) is 0 Å². The van der Waals surface area contributed by atoms with Gasteiger partial charge in [0.05, 0.1) is 34.1 Å². The molecule has 15 rings (SSSR count). The standard InChI is InChI=1S/C17H23N3O.C13H15NO.C13H16.3C12H15N.C10H12N2/c1-12(2)16-11-14-10-13(4-5-15(14)18-16)17(21)20-8-6-19(3)7-9-20;1-8(2)13-7-11-6-10(9(3)15)4-5-12(11)14-13;1-9(2)12-7-11-5-4-10(3)6-13(11)8-12;1-8(2)10-5-11-4-9(3)7-13-12(11)6-10;1-8(2)12-7-10-6-9(3)4-5-11(10)13-12;1-9(2)12-8-10-6-4-5-7-11(10)13(12)3;1-7(2)9-6-10-8(12-9)4-3-5-11-10/h4-5,10,12H,6-9,11H2,1-3H3;4-6,8H,7H2,1-3H3;4-7,9H,8H2,1-3H3;4-5,7-8H,6H2,1-3H3;4-6,8H,7H2,1-3H3;4-9H,1-3H3;3-5,7H,6H2,1-2H3. The van der Waals surface area contributed by atoms with Crippen molar-refractivity contribution < 1.29 is 9.59 Å². The van der Waals surface area contributed by atoms with Gasteiger partial charge in [-0.1, -0.05) is 180 Å². The highest BCUT2D eigenvalue weighted by atomic mass is 16.2. The van der Waals surface area contributed by atoms with Crippen molar-refractivity contribution in [3.05, 3.63) is 223 Å². The summed E-state index contributed by atoms with van der Waals surface area (Å²) in [5.74, 6) is 4.28. The number of ketones is 1. The Balaban J connectivity index is 0.000000137. The minimum Gasteiger partial charge on any atom is -0.347 e. The molecular weight excluding hydrogens is 1230 g/mol. The van der Waals surface area contributed by atoms with Gasteiger partial charge in [-0.25, -0.2) is 0 Å². The fourth-order valence-electron chi connectivity index (χ4n) is 13.2. The maximum absolute atomic E-state index is 12.6. The number of amides is 1. The third kappa shape index (κ3) is 19.6. The lowest BCUT2D eigenvalue weighted by Gasteiger charge is -2.32. The average molecular weight is 1340 g/mol. The quantitative estimate of drug-likeness (QED) is 0.133. The average Bonchev–Trinajstić information content (AvgIpc) is 1.64. The second-order valence-electron chi connectivity index (χ2n) is 30.4. The molecule has 2 aliphatic carbocycles. The zero-order valence-corrected chi connectivity index (χ0v) is 63.8. The molecule has 1 fully saturated rings. The van der Waals surface area contributed by atoms with Crippen molar-refractivity contribution >= 4 is 80.3 Å². The first kappa shape index (κ1) is 75.4. The molecule has 0 atom stereocenters. The normalized spacial score (nSPS) is 15.0. The van der Waals surface area contributed by atoms with Gasteiger partial charge in [0.1, 0.15) is 0 Å². The number of hydrogen-bond donors (Lipinski definition) is 0. The largest absolute Gasteiger partial charge is 0.347 e. The Labute approximate surface area is 599 Å². The summed E-state index contributed by atoms with van der Waals surface area (Å²) >= 11 is 0. The van der Waals surface area contributed by atoms with Crippen LogP contribution in [0, 0.1) is 56.3 Å². The van der Waals surface area contributed by atoms with Crippen LogP contribution in [0.2, 0.25) is 0 Å². The van der Waals surface area contributed by atoms with E-state index in [0.717, 1.165) is 98.6 Å². The van der Waals surface area contributed by atoms with Crippen molar-refractivity contribution in [2.45, 2.75) is 169 Å². The molecule has 0 unspecified atom stereocenters. The van der Waals surface area contributed by atoms with Crippen molar-refractivity contribution in [2.75, 3.05) is 33.2 Å². The number of likely N-dealkylation sites (N-methyl/N-ethyl adjacent to an activating group) is 1. The van der Waals surface area contributed by atoms with E-state index in [1.54, 1.807) is 12.5 Å². The van der Waals surface area contributed by atoms with Crippen LogP contribution in [0.3, 0.4) is 0 Å². The number of aromatic nitrogens is 3. The monoisotopic (exact) mass is 1340 g/mol. The van der Waals surface area contributed by atoms with Crippen molar-refractivity contribution in [2.24, 2.45) is 62.5 Å². The van der Waals surface area contributed by atoms with Crippen molar-refractivity contribution in [1.29, 1.82) is 0 Å². The molecule has 0 bridgehead atoms. The number of nitrogens with zero attached hydrogens (tertiary/aromatic N) is 9. The van der Waals surface area contributed by atoms with Gasteiger partial charge in [0, 0.05) is 123 Å². The molecule has 3 aromatic heterocycles. The van der Waals surface area contributed by atoms with E-state index >= 15 is 0 Å². The Morgan fingerprint density at radius 1 is 0.410 bits per heavy atom. The smallest absolute Gasteiger partial charge is 0.253 e. The van der Waals surface area contributed by atoms with E-state index in [2.05, 4.69) is 256 Å². The Hall–Kier alpha value is -8.80. The third-order valence-corrected chi connectivity index (χ3v) is 19.8. The molecule has 11 nitrogen and oxygen atoms in total. The summed E-state index contributed by atoms with van der Waals surface area (Å²) in [5.41, 5.74) is 31.0. The summed E-state index contributed by atoms with van der Waals surface area (Å²) in [4.78, 5) is 55.1. The Kier molecular flexibility index (Phi) is 25.7. The lowest BCUT2D eigenvalue weighted by atomic mass is 10.0. The topological polar surface area (TPSA) is 121 Å². The van der Waals surface area contributed by atoms with Gasteiger partial charge in [-0.15, -0.1) is 0 Å². The first-order valence-corrected chi connectivity index (χ1v) is 36.7. The number of carbonyl (C=O) groups is 2. The third-order valence-electron chi connectivity index (χ3n) is 19.8. The molecule has 100 heavy (non-hydrogen) atoms. The summed E-state index contributed by atoms with van der Waals surface area (Å²) in [6.45, 7) is 42.4. The number of hydrogen-bond acceptors (Lipinski definition) is 9. The molecule has 11 heteroatoms. The Morgan fingerprint density at radius 3 is 1.46 bits per heavy atom. The first-order valence-electron chi connectivity index (χ1n) is 36.7. The lowest BCUT2D eigenvalue weighted by Crippen LogP contribution is -2.47. The molecule has 0 radical (unpaired) electrons. The van der Waals surface area contributed by atoms with Crippen LogP contribution in [-0.2, 0) is 45.6 Å². The number of piperazine rings is 1. The van der Waals surface area contributed by atoms with Crippen LogP contribution < -0.4 is 0 Å². The summed E-state index contributed by atoms with van der Waals surface area (Å²) in [6, 6.07) is 41.9. The van der Waals surface area contributed by atoms with Crippen LogP contribution in [-0.4, -0.2) is 92.1 Å². The van der Waals surface area contributed by atoms with E-state index in [4.69, 9.17) is 0 Å². The van der Waals surface area contributed by atoms with Gasteiger partial charge in [0.15, 0.2) is 5.78 Å². The van der Waals surface area contributed by atoms with Gasteiger partial charge < -0.3 is 14.4 Å². The SMILES string of the molecule is CC(=O)c1ccc2c(c1)CC(C(C)C)=N2.CC(C)C1=Nc2ccc(C(=O)N3CCN(C)CC3)cc2C1.CC(C)C1=Nc2cccnc2C1.CC(C)c1cc2ccccc2n1C.Cc1ccc2c(c1)CC(C(C)C)=C2.Cc1ccc2c(c1)CC(C(C)C)=N2.Cc1cnc2c(c1)C=C(C(C)C)C2. The molecule has 5 aliphatic heterocycles. The molecule has 524 valence electrons. The van der Waals surface area contributed by atoms with E-state index in [9.17, 15) is 9.59 Å². The van der Waals surface area contributed by atoms with Crippen LogP contribution in [0.15, 0.2) is 165 Å². The maximum atomic E-state index is 12.6. The van der Waals surface area contributed by atoms with E-state index in [1.165, 1.54) is 106 Å². The highest BCUT2D eigenvalue weighted by molar-refractivity contribution is 6.00. The number of Topliss-reactive ketones (excluding diaryl/α,β-unsaturated/α-hetero) is 1.